The Morgan fingerprint density at radius 2 is 1.80 bits per heavy atom. The summed E-state index contributed by atoms with van der Waals surface area (Å²) in [5, 5.41) is 0. The second kappa shape index (κ2) is 9.09. The standard InChI is InChI=1S/C25H26N2O3/c1-18(14-25(28)29-2)27-15-21-10-13-23(26-24(21)16-27)20-8-11-22(12-9-20)30-17-19-6-4-3-5-7-19/h3-13,18H,14-17H2,1-2H3. The fraction of sp³-hybridized carbons (Fsp3) is 0.280. The van der Waals surface area contributed by atoms with Crippen LogP contribution in [-0.2, 0) is 29.2 Å². The molecule has 2 aromatic carbocycles. The van der Waals surface area contributed by atoms with Crippen molar-refractivity contribution in [2.24, 2.45) is 0 Å². The first-order valence-corrected chi connectivity index (χ1v) is 10.2. The number of fused-ring (bicyclic) bond motifs is 1. The van der Waals surface area contributed by atoms with Crippen molar-refractivity contribution >= 4 is 5.97 Å². The third-order valence-electron chi connectivity index (χ3n) is 5.51. The zero-order valence-electron chi connectivity index (χ0n) is 17.4. The van der Waals surface area contributed by atoms with Gasteiger partial charge in [-0.05, 0) is 48.4 Å². The van der Waals surface area contributed by atoms with Gasteiger partial charge in [-0.15, -0.1) is 0 Å². The third-order valence-corrected chi connectivity index (χ3v) is 5.51. The van der Waals surface area contributed by atoms with Gasteiger partial charge in [0.15, 0.2) is 0 Å². The number of methoxy groups -OCH3 is 1. The maximum atomic E-state index is 11.6. The van der Waals surface area contributed by atoms with Gasteiger partial charge in [0.05, 0.1) is 24.9 Å². The van der Waals surface area contributed by atoms with Crippen molar-refractivity contribution in [3.05, 3.63) is 83.6 Å². The lowest BCUT2D eigenvalue weighted by Crippen LogP contribution is -2.30. The van der Waals surface area contributed by atoms with Gasteiger partial charge in [-0.2, -0.15) is 0 Å². The zero-order chi connectivity index (χ0) is 20.9. The highest BCUT2D eigenvalue weighted by Gasteiger charge is 2.26. The second-order valence-corrected chi connectivity index (χ2v) is 7.64. The van der Waals surface area contributed by atoms with E-state index in [4.69, 9.17) is 14.5 Å². The minimum atomic E-state index is -0.179. The lowest BCUT2D eigenvalue weighted by Gasteiger charge is -2.22. The summed E-state index contributed by atoms with van der Waals surface area (Å²) in [7, 11) is 1.43. The molecule has 3 aromatic rings. The van der Waals surface area contributed by atoms with E-state index in [-0.39, 0.29) is 12.0 Å². The number of hydrogen-bond acceptors (Lipinski definition) is 5. The number of benzene rings is 2. The van der Waals surface area contributed by atoms with Crippen LogP contribution in [-0.4, -0.2) is 29.0 Å². The van der Waals surface area contributed by atoms with Gasteiger partial charge < -0.3 is 9.47 Å². The molecule has 0 amide bonds. The normalized spacial score (nSPS) is 14.2. The first-order valence-electron chi connectivity index (χ1n) is 10.2. The largest absolute Gasteiger partial charge is 0.489 e. The molecule has 30 heavy (non-hydrogen) atoms. The molecule has 4 rings (SSSR count). The van der Waals surface area contributed by atoms with Crippen molar-refractivity contribution < 1.29 is 14.3 Å². The van der Waals surface area contributed by atoms with Crippen LogP contribution in [0.2, 0.25) is 0 Å². The smallest absolute Gasteiger partial charge is 0.307 e. The number of pyridine rings is 1. The van der Waals surface area contributed by atoms with Gasteiger partial charge in [-0.1, -0.05) is 36.4 Å². The fourth-order valence-electron chi connectivity index (χ4n) is 3.67. The molecule has 0 saturated carbocycles. The molecule has 0 radical (unpaired) electrons. The highest BCUT2D eigenvalue weighted by Crippen LogP contribution is 2.28. The molecule has 1 atom stereocenters. The second-order valence-electron chi connectivity index (χ2n) is 7.64. The lowest BCUT2D eigenvalue weighted by atomic mass is 10.1. The summed E-state index contributed by atoms with van der Waals surface area (Å²) >= 11 is 0. The lowest BCUT2D eigenvalue weighted by molar-refractivity contribution is -0.142. The van der Waals surface area contributed by atoms with Gasteiger partial charge in [0.1, 0.15) is 12.4 Å². The summed E-state index contributed by atoms with van der Waals surface area (Å²) in [5.74, 6) is 0.660. The SMILES string of the molecule is COC(=O)CC(C)N1Cc2ccc(-c3ccc(OCc4ccccc4)cc3)nc2C1. The number of nitrogens with zero attached hydrogens (tertiary/aromatic N) is 2. The number of carbonyl (C=O) groups is 1. The predicted octanol–water partition coefficient (Wildman–Crippen LogP) is 4.59. The van der Waals surface area contributed by atoms with E-state index in [0.717, 1.165) is 41.4 Å². The number of carbonyl (C=O) groups excluding carboxylic acids is 1. The van der Waals surface area contributed by atoms with Crippen LogP contribution in [0, 0.1) is 0 Å². The Balaban J connectivity index is 1.40. The highest BCUT2D eigenvalue weighted by molar-refractivity contribution is 5.69. The number of hydrogen-bond donors (Lipinski definition) is 0. The molecule has 2 heterocycles. The summed E-state index contributed by atoms with van der Waals surface area (Å²) in [5.41, 5.74) is 5.46. The zero-order valence-corrected chi connectivity index (χ0v) is 17.4. The summed E-state index contributed by atoms with van der Waals surface area (Å²) in [6.45, 7) is 4.17. The Kier molecular flexibility index (Phi) is 6.10. The third kappa shape index (κ3) is 4.69. The molecule has 5 nitrogen and oxygen atoms in total. The van der Waals surface area contributed by atoms with Crippen LogP contribution >= 0.6 is 0 Å². The van der Waals surface area contributed by atoms with Gasteiger partial charge in [0, 0.05) is 24.7 Å². The molecule has 0 spiro atoms. The first kappa shape index (κ1) is 20.1. The van der Waals surface area contributed by atoms with E-state index in [1.165, 1.54) is 12.7 Å². The maximum Gasteiger partial charge on any atom is 0.307 e. The van der Waals surface area contributed by atoms with E-state index in [1.807, 2.05) is 42.5 Å². The van der Waals surface area contributed by atoms with Crippen LogP contribution < -0.4 is 4.74 Å². The van der Waals surface area contributed by atoms with Crippen LogP contribution in [0.3, 0.4) is 0 Å². The van der Waals surface area contributed by atoms with Crippen LogP contribution in [0.25, 0.3) is 11.3 Å². The molecule has 1 unspecified atom stereocenters. The van der Waals surface area contributed by atoms with Crippen LogP contribution in [0.15, 0.2) is 66.7 Å². The number of aromatic nitrogens is 1. The summed E-state index contributed by atoms with van der Waals surface area (Å²) in [4.78, 5) is 18.7. The van der Waals surface area contributed by atoms with Crippen LogP contribution in [0.5, 0.6) is 5.75 Å². The van der Waals surface area contributed by atoms with E-state index in [9.17, 15) is 4.79 Å². The van der Waals surface area contributed by atoms with E-state index in [1.54, 1.807) is 0 Å². The van der Waals surface area contributed by atoms with E-state index >= 15 is 0 Å². The predicted molar refractivity (Wildman–Crippen MR) is 116 cm³/mol. The van der Waals surface area contributed by atoms with Crippen molar-refractivity contribution in [2.75, 3.05) is 7.11 Å². The molecule has 0 N–H and O–H groups in total. The van der Waals surface area contributed by atoms with Crippen molar-refractivity contribution in [3.8, 4) is 17.0 Å². The molecular formula is C25H26N2O3. The van der Waals surface area contributed by atoms with Crippen molar-refractivity contribution in [2.45, 2.75) is 39.1 Å². The minimum Gasteiger partial charge on any atom is -0.489 e. The molecular weight excluding hydrogens is 376 g/mol. The summed E-state index contributed by atoms with van der Waals surface area (Å²) < 4.78 is 10.7. The molecule has 0 saturated heterocycles. The Morgan fingerprint density at radius 3 is 2.53 bits per heavy atom. The van der Waals surface area contributed by atoms with E-state index in [2.05, 4.69) is 36.1 Å². The van der Waals surface area contributed by atoms with Crippen LogP contribution in [0.1, 0.15) is 30.2 Å². The van der Waals surface area contributed by atoms with Gasteiger partial charge >= 0.3 is 5.97 Å². The Bertz CT molecular complexity index is 1000. The van der Waals surface area contributed by atoms with E-state index in [0.29, 0.717) is 13.0 Å². The Morgan fingerprint density at radius 1 is 1.03 bits per heavy atom. The van der Waals surface area contributed by atoms with Crippen LogP contribution in [0.4, 0.5) is 0 Å². The monoisotopic (exact) mass is 402 g/mol. The Hall–Kier alpha value is -3.18. The Labute approximate surface area is 177 Å². The molecule has 0 fully saturated rings. The average Bonchev–Trinajstić information content (AvgIpc) is 3.22. The van der Waals surface area contributed by atoms with Crippen molar-refractivity contribution in [1.82, 2.24) is 9.88 Å². The average molecular weight is 402 g/mol. The fourth-order valence-corrected chi connectivity index (χ4v) is 3.67. The highest BCUT2D eigenvalue weighted by atomic mass is 16.5. The molecule has 0 bridgehead atoms. The maximum absolute atomic E-state index is 11.6. The molecule has 1 aromatic heterocycles. The minimum absolute atomic E-state index is 0.121. The van der Waals surface area contributed by atoms with Gasteiger partial charge in [-0.3, -0.25) is 14.7 Å². The van der Waals surface area contributed by atoms with E-state index < -0.39 is 0 Å². The van der Waals surface area contributed by atoms with Gasteiger partial charge in [0.25, 0.3) is 0 Å². The molecule has 0 aliphatic carbocycles. The van der Waals surface area contributed by atoms with Crippen molar-refractivity contribution in [1.29, 1.82) is 0 Å². The number of esters is 1. The topological polar surface area (TPSA) is 51.7 Å². The molecule has 154 valence electrons. The van der Waals surface area contributed by atoms with Gasteiger partial charge in [-0.25, -0.2) is 0 Å². The molecule has 5 heteroatoms. The molecule has 1 aliphatic heterocycles. The molecule has 1 aliphatic rings. The number of rotatable bonds is 7. The summed E-state index contributed by atoms with van der Waals surface area (Å²) in [6.07, 6.45) is 0.391. The quantitative estimate of drug-likeness (QED) is 0.541. The summed E-state index contributed by atoms with van der Waals surface area (Å²) in [6, 6.07) is 22.5. The van der Waals surface area contributed by atoms with Gasteiger partial charge in [0.2, 0.25) is 0 Å². The van der Waals surface area contributed by atoms with Crippen molar-refractivity contribution in [3.63, 3.8) is 0 Å². The number of ether oxygens (including phenoxy) is 2. The first-order chi connectivity index (χ1) is 14.6.